The Kier molecular flexibility index (Phi) is 22.5. The predicted octanol–water partition coefficient (Wildman–Crippen LogP) is 11.1. The van der Waals surface area contributed by atoms with Crippen LogP contribution in [-0.2, 0) is 41.9 Å². The smallest absolute Gasteiger partial charge is 0.419 e. The SMILES string of the molecule is C.CC(C)NS(=O)(=O)c1ccccc1Nc1cc(Cl)ncc1C(F)(F)F.COc1cc(N2CCOCC2)ccc1N.COc1cc(N2CCOCC2)ccc1Nc1cc(Nc2ccccc2S(=O)(=O)NC(C)C)c(C(F)(F)F)cn1. The third-order valence-electron chi connectivity index (χ3n) is 11.5. The van der Waals surface area contributed by atoms with Crippen molar-refractivity contribution in [1.82, 2.24) is 19.4 Å². The van der Waals surface area contributed by atoms with Gasteiger partial charge in [0, 0.05) is 80.2 Å². The Hall–Kier alpha value is -6.81. The van der Waals surface area contributed by atoms with Gasteiger partial charge in [-0.3, -0.25) is 0 Å². The Labute approximate surface area is 467 Å². The molecule has 0 aliphatic carbocycles. The lowest BCUT2D eigenvalue weighted by Gasteiger charge is -2.29. The van der Waals surface area contributed by atoms with Gasteiger partial charge in [0.25, 0.3) is 0 Å². The molecule has 0 radical (unpaired) electrons. The molecule has 4 heterocycles. The number of hydrogen-bond donors (Lipinski definition) is 6. The molecule has 2 aliphatic rings. The number of nitrogen functional groups attached to an aromatic ring is 1. The highest BCUT2D eigenvalue weighted by atomic mass is 35.5. The quantitative estimate of drug-likeness (QED) is 0.0301. The third kappa shape index (κ3) is 17.6. The van der Waals surface area contributed by atoms with E-state index in [-0.39, 0.29) is 57.0 Å². The van der Waals surface area contributed by atoms with Gasteiger partial charge in [0.05, 0.1) is 85.9 Å². The second kappa shape index (κ2) is 28.1. The first kappa shape index (κ1) is 64.0. The summed E-state index contributed by atoms with van der Waals surface area (Å²) in [7, 11) is -4.77. The maximum atomic E-state index is 13.9. The predicted molar refractivity (Wildman–Crippen MR) is 300 cm³/mol. The van der Waals surface area contributed by atoms with Crippen LogP contribution in [-0.4, -0.2) is 106 Å². The largest absolute Gasteiger partial charge is 0.495 e. The fraction of sp³-hybridized carbons (Fsp3) is 0.358. The average Bonchev–Trinajstić information content (AvgIpc) is 3.39. The van der Waals surface area contributed by atoms with E-state index in [9.17, 15) is 43.2 Å². The van der Waals surface area contributed by atoms with Crippen molar-refractivity contribution in [2.45, 2.75) is 69.3 Å². The standard InChI is InChI=1S/C26H30F3N5O4S.C15H15ClF3N3O2S.C11H16N2O2.CH4/c1-17(2)33-39(35,36)24-7-5-4-6-21(24)31-22-15-25(30-16-19(22)26(27,28)29)32-20-9-8-18(14-23(20)37-3)34-10-12-38-13-11-34;1-9(2)22-25(23,24)13-6-4-3-5-11(13)21-12-7-14(16)20-8-10(12)15(17,18)19;1-14-11-8-9(2-3-10(11)12)13-4-6-15-7-5-13;/h4-9,14-17,33H,10-13H2,1-3H3,(H2,30,31,32);3-9,22H,1-2H3,(H,20,21);2-3,8H,4-7,12H2,1H3;1H4. The first-order valence-electron chi connectivity index (χ1n) is 24.4. The number of aromatic nitrogens is 2. The van der Waals surface area contributed by atoms with E-state index in [0.29, 0.717) is 42.7 Å². The number of ether oxygens (including phenoxy) is 4. The second-order valence-electron chi connectivity index (χ2n) is 18.1. The van der Waals surface area contributed by atoms with Gasteiger partial charge in [0.1, 0.15) is 32.3 Å². The highest BCUT2D eigenvalue weighted by molar-refractivity contribution is 7.90. The van der Waals surface area contributed by atoms with Crippen LogP contribution in [0.2, 0.25) is 5.15 Å². The number of nitrogens with two attached hydrogens (primary N) is 1. The molecule has 6 aromatic rings. The van der Waals surface area contributed by atoms with E-state index >= 15 is 0 Å². The molecule has 436 valence electrons. The number of hydrogen-bond acceptors (Lipinski definition) is 16. The molecule has 18 nitrogen and oxygen atoms in total. The zero-order valence-corrected chi connectivity index (χ0v) is 46.2. The minimum Gasteiger partial charge on any atom is -0.495 e. The normalized spacial score (nSPS) is 14.0. The van der Waals surface area contributed by atoms with Gasteiger partial charge >= 0.3 is 12.4 Å². The van der Waals surface area contributed by atoms with Crippen LogP contribution < -0.4 is 50.4 Å². The van der Waals surface area contributed by atoms with Crippen molar-refractivity contribution < 1.29 is 62.1 Å². The Morgan fingerprint density at radius 3 is 1.45 bits per heavy atom. The van der Waals surface area contributed by atoms with E-state index in [2.05, 4.69) is 45.2 Å². The van der Waals surface area contributed by atoms with Gasteiger partial charge in [0.2, 0.25) is 20.0 Å². The number of morpholine rings is 2. The Bertz CT molecular complexity index is 3240. The van der Waals surface area contributed by atoms with Crippen LogP contribution in [0.15, 0.2) is 119 Å². The highest BCUT2D eigenvalue weighted by Crippen LogP contribution is 2.41. The minimum absolute atomic E-state index is 0. The van der Waals surface area contributed by atoms with Crippen molar-refractivity contribution in [3.8, 4) is 11.5 Å². The van der Waals surface area contributed by atoms with Crippen LogP contribution in [0, 0.1) is 0 Å². The lowest BCUT2D eigenvalue weighted by atomic mass is 10.2. The van der Waals surface area contributed by atoms with Crippen molar-refractivity contribution in [3.63, 3.8) is 0 Å². The summed E-state index contributed by atoms with van der Waals surface area (Å²) >= 11 is 5.68. The molecule has 2 aliphatic heterocycles. The van der Waals surface area contributed by atoms with Crippen molar-refractivity contribution in [2.24, 2.45) is 0 Å². The van der Waals surface area contributed by atoms with Gasteiger partial charge in [-0.05, 0) is 82.3 Å². The number of nitrogens with zero attached hydrogens (tertiary/aromatic N) is 4. The average molecular weight is 1180 g/mol. The van der Waals surface area contributed by atoms with E-state index < -0.39 is 49.6 Å². The van der Waals surface area contributed by atoms with Gasteiger partial charge in [-0.2, -0.15) is 26.3 Å². The van der Waals surface area contributed by atoms with Gasteiger partial charge in [-0.25, -0.2) is 36.2 Å². The molecule has 2 saturated heterocycles. The summed E-state index contributed by atoms with van der Waals surface area (Å²) in [5.74, 6) is 1.31. The summed E-state index contributed by atoms with van der Waals surface area (Å²) < 4.78 is 158. The number of para-hydroxylation sites is 2. The van der Waals surface area contributed by atoms with E-state index in [4.69, 9.17) is 36.3 Å². The van der Waals surface area contributed by atoms with Crippen molar-refractivity contribution >= 4 is 83.0 Å². The van der Waals surface area contributed by atoms with Crippen molar-refractivity contribution in [3.05, 3.63) is 126 Å². The van der Waals surface area contributed by atoms with Crippen LogP contribution in [0.25, 0.3) is 0 Å². The van der Waals surface area contributed by atoms with Crippen LogP contribution in [0.5, 0.6) is 11.5 Å². The third-order valence-corrected chi connectivity index (χ3v) is 15.1. The molecule has 27 heteroatoms. The Balaban J connectivity index is 0.000000244. The number of halogens is 7. The molecule has 0 amide bonds. The number of alkyl halides is 6. The lowest BCUT2D eigenvalue weighted by Crippen LogP contribution is -2.36. The topological polar surface area (TPSA) is 224 Å². The van der Waals surface area contributed by atoms with E-state index in [0.717, 1.165) is 62.6 Å². The summed E-state index contributed by atoms with van der Waals surface area (Å²) in [6.45, 7) is 12.7. The number of nitrogens with one attached hydrogen (secondary N) is 5. The fourth-order valence-electron chi connectivity index (χ4n) is 7.92. The number of anilines is 9. The first-order valence-corrected chi connectivity index (χ1v) is 27.7. The molecule has 2 aromatic heterocycles. The molecule has 7 N–H and O–H groups in total. The maximum Gasteiger partial charge on any atom is 0.419 e. The summed E-state index contributed by atoms with van der Waals surface area (Å²) in [4.78, 5) is 11.4. The molecule has 0 atom stereocenters. The minimum atomic E-state index is -4.74. The lowest BCUT2D eigenvalue weighted by molar-refractivity contribution is -0.138. The number of rotatable bonds is 16. The van der Waals surface area contributed by atoms with Crippen molar-refractivity contribution in [1.29, 1.82) is 0 Å². The molecular formula is C53H65ClF6N10O8S2. The number of pyridine rings is 2. The van der Waals surface area contributed by atoms with Crippen LogP contribution in [0.4, 0.5) is 77.7 Å². The molecule has 80 heavy (non-hydrogen) atoms. The summed E-state index contributed by atoms with van der Waals surface area (Å²) in [5, 5.41) is 8.03. The Morgan fingerprint density at radius 1 is 0.575 bits per heavy atom. The molecule has 0 unspecified atom stereocenters. The highest BCUT2D eigenvalue weighted by Gasteiger charge is 2.36. The summed E-state index contributed by atoms with van der Waals surface area (Å²) in [6.07, 6.45) is -8.13. The second-order valence-corrected chi connectivity index (χ2v) is 21.8. The number of sulfonamides is 2. The zero-order chi connectivity index (χ0) is 57.7. The van der Waals surface area contributed by atoms with Gasteiger partial charge in [-0.15, -0.1) is 0 Å². The maximum absolute atomic E-state index is 13.9. The zero-order valence-electron chi connectivity index (χ0n) is 43.8. The van der Waals surface area contributed by atoms with Crippen LogP contribution >= 0.6 is 11.6 Å². The first-order chi connectivity index (χ1) is 37.3. The molecule has 8 rings (SSSR count). The van der Waals surface area contributed by atoms with Crippen molar-refractivity contribution in [2.75, 3.05) is 98.3 Å². The summed E-state index contributed by atoms with van der Waals surface area (Å²) in [6, 6.07) is 24.1. The van der Waals surface area contributed by atoms with E-state index in [1.54, 1.807) is 40.9 Å². The summed E-state index contributed by atoms with van der Waals surface area (Å²) in [5.41, 5.74) is 6.12. The molecular weight excluding hydrogens is 1120 g/mol. The molecule has 4 aromatic carbocycles. The number of methoxy groups -OCH3 is 2. The monoisotopic (exact) mass is 1180 g/mol. The van der Waals surface area contributed by atoms with Crippen LogP contribution in [0.1, 0.15) is 46.2 Å². The molecule has 2 fully saturated rings. The van der Waals surface area contributed by atoms with Crippen LogP contribution in [0.3, 0.4) is 0 Å². The van der Waals surface area contributed by atoms with Gasteiger partial charge in [0.15, 0.2) is 0 Å². The Morgan fingerprint density at radius 2 is 1.00 bits per heavy atom. The number of benzene rings is 4. The molecule has 0 bridgehead atoms. The fourth-order valence-corrected chi connectivity index (χ4v) is 10.9. The molecule has 0 saturated carbocycles. The van der Waals surface area contributed by atoms with Gasteiger partial charge in [-0.1, -0.05) is 43.3 Å². The van der Waals surface area contributed by atoms with E-state index in [1.165, 1.54) is 61.7 Å². The van der Waals surface area contributed by atoms with Gasteiger partial charge < -0.3 is 50.4 Å². The van der Waals surface area contributed by atoms with E-state index in [1.807, 2.05) is 30.3 Å². The molecule has 0 spiro atoms.